The van der Waals surface area contributed by atoms with Gasteiger partial charge in [-0.25, -0.2) is 0 Å². The predicted molar refractivity (Wildman–Crippen MR) is 78.3 cm³/mol. The number of hydrogen-bond acceptors (Lipinski definition) is 4. The van der Waals surface area contributed by atoms with E-state index in [0.717, 1.165) is 48.0 Å². The average Bonchev–Trinajstić information content (AvgIpc) is 2.71. The number of pyridine rings is 1. The molecule has 1 aromatic heterocycles. The van der Waals surface area contributed by atoms with Crippen LogP contribution in [-0.4, -0.2) is 18.2 Å². The Labute approximate surface area is 118 Å². The number of hydrogen-bond donors (Lipinski definition) is 1. The third-order valence-electron chi connectivity index (χ3n) is 3.22. The zero-order chi connectivity index (χ0) is 13.8. The van der Waals surface area contributed by atoms with Crippen LogP contribution in [-0.2, 0) is 6.54 Å². The monoisotopic (exact) mass is 270 g/mol. The van der Waals surface area contributed by atoms with Gasteiger partial charge in [-0.15, -0.1) is 0 Å². The van der Waals surface area contributed by atoms with Gasteiger partial charge in [-0.3, -0.25) is 4.98 Å². The number of aromatic nitrogens is 1. The van der Waals surface area contributed by atoms with Crippen LogP contribution >= 0.6 is 0 Å². The van der Waals surface area contributed by atoms with Gasteiger partial charge in [-0.05, 0) is 36.8 Å². The van der Waals surface area contributed by atoms with E-state index >= 15 is 0 Å². The van der Waals surface area contributed by atoms with Crippen LogP contribution in [0.1, 0.15) is 17.7 Å². The van der Waals surface area contributed by atoms with Gasteiger partial charge in [-0.1, -0.05) is 6.07 Å². The smallest absolute Gasteiger partial charge is 0.161 e. The predicted octanol–water partition coefficient (Wildman–Crippen LogP) is 3.16. The Morgan fingerprint density at radius 3 is 2.75 bits per heavy atom. The molecule has 0 unspecified atom stereocenters. The van der Waals surface area contributed by atoms with Crippen LogP contribution in [0, 0.1) is 6.92 Å². The van der Waals surface area contributed by atoms with Gasteiger partial charge in [0, 0.05) is 18.7 Å². The molecule has 2 aromatic rings. The molecule has 1 aliphatic heterocycles. The van der Waals surface area contributed by atoms with Gasteiger partial charge in [0.25, 0.3) is 0 Å². The minimum absolute atomic E-state index is 0.714. The van der Waals surface area contributed by atoms with E-state index < -0.39 is 0 Å². The second kappa shape index (κ2) is 5.82. The Kier molecular flexibility index (Phi) is 3.72. The van der Waals surface area contributed by atoms with E-state index in [4.69, 9.17) is 9.47 Å². The zero-order valence-corrected chi connectivity index (χ0v) is 11.6. The average molecular weight is 270 g/mol. The van der Waals surface area contributed by atoms with Crippen molar-refractivity contribution in [3.05, 3.63) is 47.8 Å². The summed E-state index contributed by atoms with van der Waals surface area (Å²) in [6.45, 7) is 4.15. The van der Waals surface area contributed by atoms with Crippen molar-refractivity contribution in [2.75, 3.05) is 18.5 Å². The highest BCUT2D eigenvalue weighted by molar-refractivity contribution is 5.46. The first-order valence-corrected chi connectivity index (χ1v) is 6.86. The van der Waals surface area contributed by atoms with Crippen LogP contribution in [0.5, 0.6) is 11.5 Å². The Hall–Kier alpha value is -2.23. The molecule has 3 rings (SSSR count). The molecule has 4 heteroatoms. The molecule has 0 radical (unpaired) electrons. The SMILES string of the molecule is Cc1ccc(NCc2ccc3c(c2)OCCCO3)cn1. The molecular weight excluding hydrogens is 252 g/mol. The third kappa shape index (κ3) is 3.02. The lowest BCUT2D eigenvalue weighted by molar-refractivity contribution is 0.297. The number of nitrogens with one attached hydrogen (secondary N) is 1. The van der Waals surface area contributed by atoms with Crippen molar-refractivity contribution in [3.63, 3.8) is 0 Å². The number of nitrogens with zero attached hydrogens (tertiary/aromatic N) is 1. The molecule has 0 saturated heterocycles. The molecule has 0 atom stereocenters. The highest BCUT2D eigenvalue weighted by atomic mass is 16.5. The van der Waals surface area contributed by atoms with Crippen molar-refractivity contribution in [3.8, 4) is 11.5 Å². The second-order valence-corrected chi connectivity index (χ2v) is 4.87. The van der Waals surface area contributed by atoms with Crippen molar-refractivity contribution in [1.29, 1.82) is 0 Å². The van der Waals surface area contributed by atoms with Crippen LogP contribution in [0.4, 0.5) is 5.69 Å². The molecular formula is C16H18N2O2. The van der Waals surface area contributed by atoms with E-state index in [-0.39, 0.29) is 0 Å². The molecule has 0 spiro atoms. The largest absolute Gasteiger partial charge is 0.490 e. The molecule has 1 N–H and O–H groups in total. The molecule has 0 bridgehead atoms. The molecule has 1 aromatic carbocycles. The minimum Gasteiger partial charge on any atom is -0.490 e. The van der Waals surface area contributed by atoms with Gasteiger partial charge < -0.3 is 14.8 Å². The molecule has 4 nitrogen and oxygen atoms in total. The number of anilines is 1. The first-order valence-electron chi connectivity index (χ1n) is 6.86. The maximum Gasteiger partial charge on any atom is 0.161 e. The van der Waals surface area contributed by atoms with E-state index in [1.165, 1.54) is 0 Å². The highest BCUT2D eigenvalue weighted by Gasteiger charge is 2.10. The third-order valence-corrected chi connectivity index (χ3v) is 3.22. The normalized spacial score (nSPS) is 13.7. The molecule has 0 fully saturated rings. The van der Waals surface area contributed by atoms with E-state index in [0.29, 0.717) is 6.61 Å². The minimum atomic E-state index is 0.714. The van der Waals surface area contributed by atoms with E-state index in [1.807, 2.05) is 37.4 Å². The molecule has 2 heterocycles. The van der Waals surface area contributed by atoms with Crippen LogP contribution in [0.3, 0.4) is 0 Å². The molecule has 104 valence electrons. The lowest BCUT2D eigenvalue weighted by Crippen LogP contribution is -2.01. The molecule has 20 heavy (non-hydrogen) atoms. The molecule has 0 saturated carbocycles. The lowest BCUT2D eigenvalue weighted by Gasteiger charge is -2.10. The molecule has 0 amide bonds. The summed E-state index contributed by atoms with van der Waals surface area (Å²) < 4.78 is 11.3. The highest BCUT2D eigenvalue weighted by Crippen LogP contribution is 2.30. The van der Waals surface area contributed by atoms with Crippen LogP contribution in [0.2, 0.25) is 0 Å². The van der Waals surface area contributed by atoms with E-state index in [2.05, 4.69) is 16.4 Å². The fraction of sp³-hybridized carbons (Fsp3) is 0.312. The fourth-order valence-corrected chi connectivity index (χ4v) is 2.09. The zero-order valence-electron chi connectivity index (χ0n) is 11.6. The summed E-state index contributed by atoms with van der Waals surface area (Å²) >= 11 is 0. The maximum atomic E-state index is 5.69. The van der Waals surface area contributed by atoms with Crippen LogP contribution in [0.15, 0.2) is 36.5 Å². The fourth-order valence-electron chi connectivity index (χ4n) is 2.09. The summed E-state index contributed by atoms with van der Waals surface area (Å²) in [5, 5.41) is 3.35. The van der Waals surface area contributed by atoms with Crippen molar-refractivity contribution >= 4 is 5.69 Å². The summed E-state index contributed by atoms with van der Waals surface area (Å²) in [6, 6.07) is 10.1. The second-order valence-electron chi connectivity index (χ2n) is 4.87. The summed E-state index contributed by atoms with van der Waals surface area (Å²) in [4.78, 5) is 4.27. The summed E-state index contributed by atoms with van der Waals surface area (Å²) in [5.74, 6) is 1.67. The Morgan fingerprint density at radius 1 is 1.10 bits per heavy atom. The number of rotatable bonds is 3. The number of fused-ring (bicyclic) bond motifs is 1. The van der Waals surface area contributed by atoms with Crippen molar-refractivity contribution in [2.24, 2.45) is 0 Å². The van der Waals surface area contributed by atoms with Gasteiger partial charge >= 0.3 is 0 Å². The van der Waals surface area contributed by atoms with Gasteiger partial charge in [0.05, 0.1) is 25.1 Å². The maximum absolute atomic E-state index is 5.69. The van der Waals surface area contributed by atoms with Gasteiger partial charge in [-0.2, -0.15) is 0 Å². The Morgan fingerprint density at radius 2 is 1.95 bits per heavy atom. The number of aryl methyl sites for hydroxylation is 1. The summed E-state index contributed by atoms with van der Waals surface area (Å²) in [7, 11) is 0. The number of ether oxygens (including phenoxy) is 2. The van der Waals surface area contributed by atoms with Crippen LogP contribution < -0.4 is 14.8 Å². The topological polar surface area (TPSA) is 43.4 Å². The first kappa shape index (κ1) is 12.8. The van der Waals surface area contributed by atoms with Crippen molar-refractivity contribution < 1.29 is 9.47 Å². The molecule has 1 aliphatic rings. The van der Waals surface area contributed by atoms with Gasteiger partial charge in [0.2, 0.25) is 0 Å². The van der Waals surface area contributed by atoms with Crippen LogP contribution in [0.25, 0.3) is 0 Å². The van der Waals surface area contributed by atoms with Crippen molar-refractivity contribution in [1.82, 2.24) is 4.98 Å². The summed E-state index contributed by atoms with van der Waals surface area (Å²) in [6.07, 6.45) is 2.77. The Bertz CT molecular complexity index is 582. The molecule has 0 aliphatic carbocycles. The lowest BCUT2D eigenvalue weighted by atomic mass is 10.2. The van der Waals surface area contributed by atoms with Gasteiger partial charge in [0.15, 0.2) is 11.5 Å². The number of benzene rings is 1. The quantitative estimate of drug-likeness (QED) is 0.930. The van der Waals surface area contributed by atoms with E-state index in [9.17, 15) is 0 Å². The van der Waals surface area contributed by atoms with E-state index in [1.54, 1.807) is 0 Å². The Balaban J connectivity index is 1.68. The first-order chi connectivity index (χ1) is 9.81. The van der Waals surface area contributed by atoms with Crippen molar-refractivity contribution in [2.45, 2.75) is 19.9 Å². The van der Waals surface area contributed by atoms with Gasteiger partial charge in [0.1, 0.15) is 0 Å². The standard InChI is InChI=1S/C16H18N2O2/c1-12-3-5-14(11-17-12)18-10-13-4-6-15-16(9-13)20-8-2-7-19-15/h3-6,9,11,18H,2,7-8,10H2,1H3. The summed E-state index contributed by atoms with van der Waals surface area (Å²) in [5.41, 5.74) is 3.20.